The maximum Gasteiger partial charge on any atom is 0.275 e. The molecule has 1 unspecified atom stereocenters. The Balaban J connectivity index is 2.55. The zero-order chi connectivity index (χ0) is 18.2. The van der Waals surface area contributed by atoms with Crippen LogP contribution in [0.1, 0.15) is 40.7 Å². The number of non-ortho nitro benzene ring substituents is 1. The number of nitrogens with zero attached hydrogens (tertiary/aromatic N) is 2. The van der Waals surface area contributed by atoms with Gasteiger partial charge in [0, 0.05) is 17.7 Å². The summed E-state index contributed by atoms with van der Waals surface area (Å²) in [6.07, 6.45) is 0. The largest absolute Gasteiger partial charge is 0.350 e. The average Bonchev–Trinajstić information content (AvgIpc) is 2.73. The lowest BCUT2D eigenvalue weighted by molar-refractivity contribution is -0.384. The molecule has 1 amide bonds. The third-order valence-electron chi connectivity index (χ3n) is 3.58. The van der Waals surface area contributed by atoms with E-state index in [1.54, 1.807) is 0 Å². The van der Waals surface area contributed by atoms with Gasteiger partial charge in [-0.25, -0.2) is 4.68 Å². The molecule has 8 nitrogen and oxygen atoms in total. The molecule has 1 aromatic carbocycles. The summed E-state index contributed by atoms with van der Waals surface area (Å²) in [7, 11) is 0. The fraction of sp³-hybridized carbons (Fsp3) is 0.500. The molecule has 1 aromatic heterocycles. The molecule has 0 spiro atoms. The molecule has 2 rings (SSSR count). The number of carbonyl (C=O) groups excluding carboxylic acids is 1. The van der Waals surface area contributed by atoms with E-state index < -0.39 is 22.1 Å². The number of H-pyrrole nitrogens is 1. The number of aromatic amines is 1. The van der Waals surface area contributed by atoms with Crippen LogP contribution in [-0.4, -0.2) is 26.1 Å². The molecule has 1 atom stereocenters. The van der Waals surface area contributed by atoms with Crippen molar-refractivity contribution in [3.05, 3.63) is 38.7 Å². The number of hydrogen-bond acceptors (Lipinski definition) is 4. The van der Waals surface area contributed by atoms with Crippen LogP contribution >= 0.6 is 0 Å². The normalized spacial score (nSPS) is 13.2. The third kappa shape index (κ3) is 3.47. The van der Waals surface area contributed by atoms with Crippen LogP contribution in [0, 0.1) is 16.0 Å². The number of amides is 1. The van der Waals surface area contributed by atoms with Crippen molar-refractivity contribution in [1.29, 1.82) is 0 Å². The quantitative estimate of drug-likeness (QED) is 0.660. The van der Waals surface area contributed by atoms with Crippen LogP contribution in [0.4, 0.5) is 5.69 Å². The molecule has 0 saturated carbocycles. The van der Waals surface area contributed by atoms with Crippen molar-refractivity contribution >= 4 is 22.5 Å². The van der Waals surface area contributed by atoms with Crippen molar-refractivity contribution in [1.82, 2.24) is 15.1 Å². The number of nitrogens with one attached hydrogen (secondary N) is 2. The van der Waals surface area contributed by atoms with E-state index in [-0.39, 0.29) is 22.9 Å². The smallest absolute Gasteiger partial charge is 0.275 e. The summed E-state index contributed by atoms with van der Waals surface area (Å²) in [5, 5.41) is 16.9. The number of aromatic nitrogens is 2. The molecular weight excluding hydrogens is 312 g/mol. The van der Waals surface area contributed by atoms with Crippen molar-refractivity contribution in [2.75, 3.05) is 0 Å². The van der Waals surface area contributed by atoms with Gasteiger partial charge in [-0.15, -0.1) is 0 Å². The number of rotatable bonds is 4. The first-order chi connectivity index (χ1) is 11.0. The summed E-state index contributed by atoms with van der Waals surface area (Å²) in [6.45, 7) is 9.26. The molecule has 8 heteroatoms. The molecule has 1 heterocycles. The van der Waals surface area contributed by atoms with Gasteiger partial charge in [0.05, 0.1) is 15.8 Å². The Kier molecular flexibility index (Phi) is 4.50. The Morgan fingerprint density at radius 2 is 1.96 bits per heavy atom. The first-order valence-corrected chi connectivity index (χ1v) is 7.72. The van der Waals surface area contributed by atoms with Crippen molar-refractivity contribution < 1.29 is 9.72 Å². The molecule has 0 radical (unpaired) electrons. The van der Waals surface area contributed by atoms with Crippen LogP contribution < -0.4 is 10.9 Å². The van der Waals surface area contributed by atoms with Gasteiger partial charge in [0.15, 0.2) is 0 Å². The Morgan fingerprint density at radius 1 is 1.33 bits per heavy atom. The fourth-order valence-corrected chi connectivity index (χ4v) is 2.59. The van der Waals surface area contributed by atoms with Gasteiger partial charge in [-0.05, 0) is 32.8 Å². The van der Waals surface area contributed by atoms with Gasteiger partial charge in [-0.2, -0.15) is 0 Å². The summed E-state index contributed by atoms with van der Waals surface area (Å²) >= 11 is 0. The molecule has 0 aliphatic heterocycles. The number of benzene rings is 1. The maximum absolute atomic E-state index is 12.6. The minimum Gasteiger partial charge on any atom is -0.350 e. The predicted molar refractivity (Wildman–Crippen MR) is 91.0 cm³/mol. The van der Waals surface area contributed by atoms with Crippen LogP contribution in [0.15, 0.2) is 23.0 Å². The van der Waals surface area contributed by atoms with Gasteiger partial charge in [-0.1, -0.05) is 13.8 Å². The number of carbonyl (C=O) groups is 1. The molecule has 130 valence electrons. The van der Waals surface area contributed by atoms with E-state index >= 15 is 0 Å². The van der Waals surface area contributed by atoms with Gasteiger partial charge in [0.25, 0.3) is 11.2 Å². The molecule has 0 fully saturated rings. The van der Waals surface area contributed by atoms with Crippen LogP contribution in [0.3, 0.4) is 0 Å². The predicted octanol–water partition coefficient (Wildman–Crippen LogP) is 2.35. The van der Waals surface area contributed by atoms with E-state index in [0.29, 0.717) is 5.52 Å². The second-order valence-electron chi connectivity index (χ2n) is 7.20. The van der Waals surface area contributed by atoms with Crippen LogP contribution in [0.5, 0.6) is 0 Å². The zero-order valence-electron chi connectivity index (χ0n) is 14.4. The standard InChI is InChI=1S/C16H22N4O4/c1-9(2)13(14(21)17-16(3,4)5)19-15(22)11-8-10(20(23)24)6-7-12(11)18-19/h6-9,13,18H,1-5H3,(H,17,21). The van der Waals surface area contributed by atoms with E-state index in [9.17, 15) is 19.7 Å². The lowest BCUT2D eigenvalue weighted by Gasteiger charge is -2.27. The monoisotopic (exact) mass is 334 g/mol. The number of nitro groups is 1. The summed E-state index contributed by atoms with van der Waals surface area (Å²) in [4.78, 5) is 35.6. The fourth-order valence-electron chi connectivity index (χ4n) is 2.59. The maximum atomic E-state index is 12.6. The zero-order valence-corrected chi connectivity index (χ0v) is 14.4. The highest BCUT2D eigenvalue weighted by Gasteiger charge is 2.29. The van der Waals surface area contributed by atoms with E-state index in [4.69, 9.17) is 0 Å². The summed E-state index contributed by atoms with van der Waals surface area (Å²) in [5.74, 6) is -0.422. The first-order valence-electron chi connectivity index (χ1n) is 7.72. The highest BCUT2D eigenvalue weighted by Crippen LogP contribution is 2.21. The Bertz CT molecular complexity index is 842. The van der Waals surface area contributed by atoms with Crippen LogP contribution in [-0.2, 0) is 4.79 Å². The van der Waals surface area contributed by atoms with Crippen LogP contribution in [0.2, 0.25) is 0 Å². The molecule has 2 N–H and O–H groups in total. The SMILES string of the molecule is CC(C)C(C(=O)NC(C)(C)C)n1[nH]c2ccc([N+](=O)[O-])cc2c1=O. The number of hydrogen-bond donors (Lipinski definition) is 2. The molecule has 24 heavy (non-hydrogen) atoms. The molecule has 2 aromatic rings. The van der Waals surface area contributed by atoms with Crippen molar-refractivity contribution in [2.24, 2.45) is 5.92 Å². The second kappa shape index (κ2) is 6.10. The van der Waals surface area contributed by atoms with E-state index in [1.165, 1.54) is 22.9 Å². The number of fused-ring (bicyclic) bond motifs is 1. The molecule has 0 aliphatic carbocycles. The Morgan fingerprint density at radius 3 is 2.46 bits per heavy atom. The minimum absolute atomic E-state index is 0.145. The summed E-state index contributed by atoms with van der Waals surface area (Å²) in [5.41, 5.74) is -0.583. The minimum atomic E-state index is -0.733. The second-order valence-corrected chi connectivity index (χ2v) is 7.20. The topological polar surface area (TPSA) is 110 Å². The Labute approximate surface area is 139 Å². The molecule has 0 aliphatic rings. The van der Waals surface area contributed by atoms with Gasteiger partial charge >= 0.3 is 0 Å². The highest BCUT2D eigenvalue weighted by molar-refractivity contribution is 5.84. The van der Waals surface area contributed by atoms with E-state index in [2.05, 4.69) is 10.4 Å². The van der Waals surface area contributed by atoms with Gasteiger partial charge in [0.1, 0.15) is 6.04 Å². The van der Waals surface area contributed by atoms with Crippen molar-refractivity contribution in [3.8, 4) is 0 Å². The summed E-state index contributed by atoms with van der Waals surface area (Å²) in [6, 6.07) is 3.29. The molecule has 0 saturated heterocycles. The lowest BCUT2D eigenvalue weighted by Crippen LogP contribution is -2.47. The van der Waals surface area contributed by atoms with Crippen molar-refractivity contribution in [3.63, 3.8) is 0 Å². The lowest BCUT2D eigenvalue weighted by atomic mass is 10.0. The molecule has 0 bridgehead atoms. The summed E-state index contributed by atoms with van der Waals surface area (Å²) < 4.78 is 1.25. The average molecular weight is 334 g/mol. The number of nitro benzene ring substituents is 1. The highest BCUT2D eigenvalue weighted by atomic mass is 16.6. The first kappa shape index (κ1) is 17.7. The van der Waals surface area contributed by atoms with Gasteiger partial charge in [0.2, 0.25) is 5.91 Å². The Hall–Kier alpha value is -2.64. The van der Waals surface area contributed by atoms with Crippen LogP contribution in [0.25, 0.3) is 10.9 Å². The third-order valence-corrected chi connectivity index (χ3v) is 3.58. The van der Waals surface area contributed by atoms with E-state index in [0.717, 1.165) is 0 Å². The molecular formula is C16H22N4O4. The van der Waals surface area contributed by atoms with Gasteiger partial charge in [-0.3, -0.25) is 24.8 Å². The van der Waals surface area contributed by atoms with Crippen molar-refractivity contribution in [2.45, 2.75) is 46.2 Å². The van der Waals surface area contributed by atoms with E-state index in [1.807, 2.05) is 34.6 Å². The van der Waals surface area contributed by atoms with Gasteiger partial charge < -0.3 is 5.32 Å².